The molecule has 43 heavy (non-hydrogen) atoms. The molecule has 244 valence electrons. The minimum Gasteiger partial charge on any atom is -0.468 e. The van der Waals surface area contributed by atoms with Gasteiger partial charge in [-0.1, -0.05) is 20.8 Å². The zero-order valence-electron chi connectivity index (χ0n) is 26.5. The van der Waals surface area contributed by atoms with E-state index in [-0.39, 0.29) is 6.42 Å². The van der Waals surface area contributed by atoms with Crippen LogP contribution < -0.4 is 26.8 Å². The van der Waals surface area contributed by atoms with Gasteiger partial charge in [-0.2, -0.15) is 0 Å². The third-order valence-electron chi connectivity index (χ3n) is 5.50. The van der Waals surface area contributed by atoms with Gasteiger partial charge in [0.1, 0.15) is 30.3 Å². The molecule has 0 saturated carbocycles. The highest BCUT2D eigenvalue weighted by Gasteiger charge is 2.39. The van der Waals surface area contributed by atoms with E-state index in [9.17, 15) is 38.4 Å². The molecule has 0 aliphatic rings. The van der Waals surface area contributed by atoms with Crippen molar-refractivity contribution in [2.45, 2.75) is 85.9 Å². The number of nitrogens with one attached hydrogen (secondary N) is 5. The molecule has 0 aromatic carbocycles. The fraction of sp³-hybridized carbons (Fsp3) is 0.692. The first-order valence-electron chi connectivity index (χ1n) is 13.5. The molecular weight excluding hydrogens is 570 g/mol. The van der Waals surface area contributed by atoms with E-state index in [0.717, 1.165) is 24.1 Å². The second-order valence-corrected chi connectivity index (χ2v) is 11.1. The summed E-state index contributed by atoms with van der Waals surface area (Å²) in [4.78, 5) is 99.2. The monoisotopic (exact) mass is 615 g/mol. The number of rotatable bonds is 12. The second kappa shape index (κ2) is 16.9. The molecule has 0 aliphatic carbocycles. The Bertz CT molecular complexity index is 1070. The van der Waals surface area contributed by atoms with Gasteiger partial charge in [0, 0.05) is 13.3 Å². The van der Waals surface area contributed by atoms with Gasteiger partial charge in [0.15, 0.2) is 0 Å². The van der Waals surface area contributed by atoms with Gasteiger partial charge in [0.2, 0.25) is 23.6 Å². The van der Waals surface area contributed by atoms with Gasteiger partial charge in [-0.05, 0) is 40.5 Å². The predicted octanol–water partition coefficient (Wildman–Crippen LogP) is -1.13. The zero-order chi connectivity index (χ0) is 33.7. The summed E-state index contributed by atoms with van der Waals surface area (Å²) in [7, 11) is 1.14. The summed E-state index contributed by atoms with van der Waals surface area (Å²) in [6, 6.07) is -1.27. The van der Waals surface area contributed by atoms with Gasteiger partial charge in [-0.25, -0.2) is 14.8 Å². The largest absolute Gasteiger partial charge is 0.468 e. The van der Waals surface area contributed by atoms with E-state index in [1.165, 1.54) is 20.8 Å². The number of carbonyl (C=O) groups is 8. The average Bonchev–Trinajstić information content (AvgIpc) is 2.89. The molecule has 0 fully saturated rings. The molecule has 0 aromatic rings. The van der Waals surface area contributed by atoms with E-state index in [4.69, 9.17) is 4.74 Å². The third-order valence-corrected chi connectivity index (χ3v) is 5.50. The minimum absolute atomic E-state index is 0.0914. The molecule has 1 unspecified atom stereocenters. The van der Waals surface area contributed by atoms with Crippen LogP contribution in [0.15, 0.2) is 0 Å². The fourth-order valence-electron chi connectivity index (χ4n) is 3.35. The quantitative estimate of drug-likeness (QED) is 0.131. The van der Waals surface area contributed by atoms with Crippen molar-refractivity contribution in [3.05, 3.63) is 0 Å². The van der Waals surface area contributed by atoms with Gasteiger partial charge < -0.3 is 25.4 Å². The number of methoxy groups -OCH3 is 1. The van der Waals surface area contributed by atoms with Crippen molar-refractivity contribution in [3.63, 3.8) is 0 Å². The molecule has 0 aliphatic heterocycles. The number of hydrazine groups is 2. The van der Waals surface area contributed by atoms with E-state index in [0.29, 0.717) is 0 Å². The molecule has 7 amide bonds. The molecule has 17 nitrogen and oxygen atoms in total. The highest BCUT2D eigenvalue weighted by molar-refractivity contribution is 5.95. The molecule has 5 N–H and O–H groups in total. The van der Waals surface area contributed by atoms with Crippen molar-refractivity contribution in [3.8, 4) is 0 Å². The van der Waals surface area contributed by atoms with Crippen LogP contribution in [0.3, 0.4) is 0 Å². The number of carbonyl (C=O) groups excluding carboxylic acids is 8. The third kappa shape index (κ3) is 13.4. The smallest absolute Gasteiger partial charge is 0.408 e. The van der Waals surface area contributed by atoms with E-state index >= 15 is 0 Å². The van der Waals surface area contributed by atoms with Crippen LogP contribution in [0.5, 0.6) is 0 Å². The number of nitrogens with zero attached hydrogens (tertiary/aromatic N) is 2. The van der Waals surface area contributed by atoms with Gasteiger partial charge in [0.05, 0.1) is 13.7 Å². The Morgan fingerprint density at radius 1 is 0.791 bits per heavy atom. The van der Waals surface area contributed by atoms with Crippen LogP contribution >= 0.6 is 0 Å². The lowest BCUT2D eigenvalue weighted by Crippen LogP contribution is -2.64. The highest BCUT2D eigenvalue weighted by Crippen LogP contribution is 2.14. The summed E-state index contributed by atoms with van der Waals surface area (Å²) < 4.78 is 9.52. The maximum Gasteiger partial charge on any atom is 0.408 e. The first-order chi connectivity index (χ1) is 19.7. The molecule has 0 saturated heterocycles. The van der Waals surface area contributed by atoms with Gasteiger partial charge in [-0.3, -0.25) is 44.4 Å². The normalized spacial score (nSPS) is 11.8. The lowest BCUT2D eigenvalue weighted by atomic mass is 10.0. The van der Waals surface area contributed by atoms with E-state index in [1.54, 1.807) is 34.6 Å². The van der Waals surface area contributed by atoms with Crippen LogP contribution in [-0.4, -0.2) is 101 Å². The Hall–Kier alpha value is -4.44. The Balaban J connectivity index is 5.52. The SMILES string of the molecule is CCC(=O)N(NC(=O)CNC(=O)C(C(C)C)N(NC(=O)CNC(=O)OC(C)(C)C)C(C)=O)C(C)(C)C(=O)NCC(=O)OC. The summed E-state index contributed by atoms with van der Waals surface area (Å²) >= 11 is 0. The summed E-state index contributed by atoms with van der Waals surface area (Å²) in [5.41, 5.74) is 2.12. The Morgan fingerprint density at radius 2 is 1.33 bits per heavy atom. The number of hydrogen-bond donors (Lipinski definition) is 5. The summed E-state index contributed by atoms with van der Waals surface area (Å²) in [6.45, 7) is 11.7. The van der Waals surface area contributed by atoms with Crippen molar-refractivity contribution in [2.24, 2.45) is 5.92 Å². The molecule has 0 aromatic heterocycles. The van der Waals surface area contributed by atoms with Gasteiger partial charge in [-0.15, -0.1) is 0 Å². The van der Waals surface area contributed by atoms with Crippen molar-refractivity contribution in [1.29, 1.82) is 0 Å². The summed E-state index contributed by atoms with van der Waals surface area (Å²) in [5, 5.41) is 8.47. The number of amides is 7. The highest BCUT2D eigenvalue weighted by atomic mass is 16.6. The molecule has 0 rings (SSSR count). The number of esters is 1. The van der Waals surface area contributed by atoms with Gasteiger partial charge in [0.25, 0.3) is 11.8 Å². The van der Waals surface area contributed by atoms with Crippen LogP contribution in [0.25, 0.3) is 0 Å². The zero-order valence-corrected chi connectivity index (χ0v) is 26.5. The molecule has 1 atom stereocenters. The molecule has 0 bridgehead atoms. The van der Waals surface area contributed by atoms with Crippen LogP contribution in [-0.2, 0) is 43.0 Å². The van der Waals surface area contributed by atoms with Crippen LogP contribution in [0.1, 0.15) is 68.7 Å². The molecular formula is C26H45N7O10. The van der Waals surface area contributed by atoms with Crippen LogP contribution in [0, 0.1) is 5.92 Å². The maximum absolute atomic E-state index is 13.1. The Morgan fingerprint density at radius 3 is 1.79 bits per heavy atom. The standard InChI is InChI=1S/C26H45N7O10/c1-11-19(37)33(26(8,9)23(40)28-14-20(38)42-10)31-18(36)12-27-22(39)21(15(2)3)32(16(4)34)30-17(35)13-29-24(41)43-25(5,6)7/h15,21H,11-14H2,1-10H3,(H,27,39)(H,28,40)(H,29,41)(H,30,35)(H,31,36). The fourth-order valence-corrected chi connectivity index (χ4v) is 3.35. The summed E-state index contributed by atoms with van der Waals surface area (Å²) in [5.74, 6) is -5.90. The Kier molecular flexibility index (Phi) is 15.1. The average molecular weight is 616 g/mol. The van der Waals surface area contributed by atoms with Crippen molar-refractivity contribution < 1.29 is 47.8 Å². The molecule has 0 radical (unpaired) electrons. The van der Waals surface area contributed by atoms with Crippen LogP contribution in [0.4, 0.5) is 4.79 Å². The lowest BCUT2D eigenvalue weighted by Gasteiger charge is -2.37. The maximum atomic E-state index is 13.1. The van der Waals surface area contributed by atoms with Crippen LogP contribution in [0.2, 0.25) is 0 Å². The van der Waals surface area contributed by atoms with E-state index < -0.39 is 90.2 Å². The minimum atomic E-state index is -1.65. The molecule has 17 heteroatoms. The number of alkyl carbamates (subject to hydrolysis) is 1. The first kappa shape index (κ1) is 38.6. The van der Waals surface area contributed by atoms with Crippen molar-refractivity contribution >= 4 is 47.5 Å². The van der Waals surface area contributed by atoms with Crippen molar-refractivity contribution in [2.75, 3.05) is 26.7 Å². The second-order valence-electron chi connectivity index (χ2n) is 11.1. The van der Waals surface area contributed by atoms with Crippen molar-refractivity contribution in [1.82, 2.24) is 36.8 Å². The van der Waals surface area contributed by atoms with Gasteiger partial charge >= 0.3 is 12.1 Å². The number of ether oxygens (including phenoxy) is 2. The molecule has 0 heterocycles. The van der Waals surface area contributed by atoms with E-state index in [2.05, 4.69) is 31.5 Å². The topological polar surface area (TPSA) is 222 Å². The first-order valence-corrected chi connectivity index (χ1v) is 13.5. The Labute approximate surface area is 251 Å². The predicted molar refractivity (Wildman–Crippen MR) is 151 cm³/mol. The summed E-state index contributed by atoms with van der Waals surface area (Å²) in [6.07, 6.45) is -0.952. The van der Waals surface area contributed by atoms with E-state index in [1.807, 2.05) is 0 Å². The number of hydrogen-bond acceptors (Lipinski definition) is 10. The lowest BCUT2D eigenvalue weighted by molar-refractivity contribution is -0.155. The molecule has 0 spiro atoms.